The SMILES string of the molecule is CCn1cc2c3c(nc(N)c2n1)CCCC3. The van der Waals surface area contributed by atoms with Crippen LogP contribution in [0, 0.1) is 0 Å². The number of hydrogen-bond acceptors (Lipinski definition) is 3. The third-order valence-corrected chi connectivity index (χ3v) is 3.35. The van der Waals surface area contributed by atoms with Crippen LogP contribution in [0.25, 0.3) is 10.9 Å². The van der Waals surface area contributed by atoms with Crippen molar-refractivity contribution in [3.05, 3.63) is 17.5 Å². The first-order valence-electron chi connectivity index (χ1n) is 5.94. The highest BCUT2D eigenvalue weighted by Gasteiger charge is 2.18. The average Bonchev–Trinajstić information content (AvgIpc) is 2.74. The van der Waals surface area contributed by atoms with Crippen LogP contribution in [-0.2, 0) is 19.4 Å². The summed E-state index contributed by atoms with van der Waals surface area (Å²) >= 11 is 0. The van der Waals surface area contributed by atoms with Crippen molar-refractivity contribution >= 4 is 16.7 Å². The predicted molar refractivity (Wildman–Crippen MR) is 64.3 cm³/mol. The number of aromatic nitrogens is 3. The molecule has 1 aliphatic carbocycles. The Kier molecular flexibility index (Phi) is 2.09. The lowest BCUT2D eigenvalue weighted by Crippen LogP contribution is -2.07. The number of rotatable bonds is 1. The fourth-order valence-corrected chi connectivity index (χ4v) is 2.49. The number of nitrogens with two attached hydrogens (primary N) is 1. The van der Waals surface area contributed by atoms with Gasteiger partial charge in [-0.05, 0) is 38.2 Å². The second-order valence-electron chi connectivity index (χ2n) is 4.38. The number of nitrogens with zero attached hydrogens (tertiary/aromatic N) is 3. The Morgan fingerprint density at radius 2 is 2.19 bits per heavy atom. The zero-order valence-corrected chi connectivity index (χ0v) is 9.53. The van der Waals surface area contributed by atoms with Gasteiger partial charge in [-0.15, -0.1) is 0 Å². The van der Waals surface area contributed by atoms with Gasteiger partial charge in [0.15, 0.2) is 5.82 Å². The van der Waals surface area contributed by atoms with Crippen LogP contribution in [0.2, 0.25) is 0 Å². The van der Waals surface area contributed by atoms with E-state index in [0.717, 1.165) is 24.9 Å². The van der Waals surface area contributed by atoms with Gasteiger partial charge in [-0.3, -0.25) is 4.68 Å². The molecule has 0 aromatic carbocycles. The molecule has 0 radical (unpaired) electrons. The molecule has 1 aliphatic rings. The highest BCUT2D eigenvalue weighted by molar-refractivity contribution is 5.90. The lowest BCUT2D eigenvalue weighted by Gasteiger charge is -2.15. The van der Waals surface area contributed by atoms with Crippen LogP contribution in [0.4, 0.5) is 5.82 Å². The lowest BCUT2D eigenvalue weighted by molar-refractivity contribution is 0.667. The summed E-state index contributed by atoms with van der Waals surface area (Å²) in [6, 6.07) is 0. The Hall–Kier alpha value is -1.58. The van der Waals surface area contributed by atoms with Crippen molar-refractivity contribution in [1.29, 1.82) is 0 Å². The van der Waals surface area contributed by atoms with Crippen molar-refractivity contribution in [2.75, 3.05) is 5.73 Å². The maximum Gasteiger partial charge on any atom is 0.152 e. The standard InChI is InChI=1S/C12H16N4/c1-2-16-7-9-8-5-3-4-6-10(8)14-12(13)11(9)15-16/h7H,2-6H2,1H3,(H2,13,14). The Bertz CT molecular complexity index is 541. The van der Waals surface area contributed by atoms with Crippen molar-refractivity contribution in [3.8, 4) is 0 Å². The van der Waals surface area contributed by atoms with Gasteiger partial charge in [0.1, 0.15) is 5.52 Å². The summed E-state index contributed by atoms with van der Waals surface area (Å²) in [6.45, 7) is 2.96. The molecular formula is C12H16N4. The number of anilines is 1. The molecule has 4 heteroatoms. The van der Waals surface area contributed by atoms with Gasteiger partial charge in [0.25, 0.3) is 0 Å². The van der Waals surface area contributed by atoms with Crippen molar-refractivity contribution in [2.24, 2.45) is 0 Å². The molecular weight excluding hydrogens is 200 g/mol. The summed E-state index contributed by atoms with van der Waals surface area (Å²) in [7, 11) is 0. The van der Waals surface area contributed by atoms with Crippen LogP contribution in [0.3, 0.4) is 0 Å². The van der Waals surface area contributed by atoms with Crippen LogP contribution >= 0.6 is 0 Å². The summed E-state index contributed by atoms with van der Waals surface area (Å²) in [5, 5.41) is 5.68. The molecule has 2 aromatic heterocycles. The molecule has 0 amide bonds. The molecule has 2 N–H and O–H groups in total. The minimum absolute atomic E-state index is 0.586. The molecule has 3 rings (SSSR count). The molecule has 4 nitrogen and oxygen atoms in total. The van der Waals surface area contributed by atoms with E-state index in [0.29, 0.717) is 5.82 Å². The van der Waals surface area contributed by atoms with Crippen LogP contribution < -0.4 is 5.73 Å². The largest absolute Gasteiger partial charge is 0.382 e. The van der Waals surface area contributed by atoms with Gasteiger partial charge in [-0.1, -0.05) is 0 Å². The normalized spacial score (nSPS) is 15.3. The molecule has 0 atom stereocenters. The van der Waals surface area contributed by atoms with Gasteiger partial charge in [0.2, 0.25) is 0 Å². The molecule has 0 unspecified atom stereocenters. The zero-order chi connectivity index (χ0) is 11.1. The summed E-state index contributed by atoms with van der Waals surface area (Å²) in [4.78, 5) is 4.49. The highest BCUT2D eigenvalue weighted by atomic mass is 15.3. The Morgan fingerprint density at radius 1 is 1.38 bits per heavy atom. The van der Waals surface area contributed by atoms with E-state index in [1.165, 1.54) is 29.5 Å². The Morgan fingerprint density at radius 3 is 3.00 bits per heavy atom. The summed E-state index contributed by atoms with van der Waals surface area (Å²) in [5.74, 6) is 0.586. The summed E-state index contributed by atoms with van der Waals surface area (Å²) in [5.41, 5.74) is 9.40. The summed E-state index contributed by atoms with van der Waals surface area (Å²) in [6.07, 6.45) is 6.77. The first-order chi connectivity index (χ1) is 7.79. The number of aryl methyl sites for hydroxylation is 3. The van der Waals surface area contributed by atoms with E-state index in [9.17, 15) is 0 Å². The van der Waals surface area contributed by atoms with Crippen LogP contribution in [0.1, 0.15) is 31.0 Å². The zero-order valence-electron chi connectivity index (χ0n) is 9.53. The van der Waals surface area contributed by atoms with Crippen LogP contribution in [-0.4, -0.2) is 14.8 Å². The van der Waals surface area contributed by atoms with Crippen molar-refractivity contribution in [3.63, 3.8) is 0 Å². The van der Waals surface area contributed by atoms with E-state index in [2.05, 4.69) is 23.2 Å². The first kappa shape index (κ1) is 9.63. The van der Waals surface area contributed by atoms with E-state index < -0.39 is 0 Å². The molecule has 0 saturated carbocycles. The first-order valence-corrected chi connectivity index (χ1v) is 5.94. The summed E-state index contributed by atoms with van der Waals surface area (Å²) < 4.78 is 1.94. The number of hydrogen-bond donors (Lipinski definition) is 1. The maximum absolute atomic E-state index is 5.96. The van der Waals surface area contributed by atoms with Crippen molar-refractivity contribution in [2.45, 2.75) is 39.2 Å². The predicted octanol–water partition coefficient (Wildman–Crippen LogP) is 1.91. The topological polar surface area (TPSA) is 56.7 Å². The number of nitrogen functional groups attached to an aromatic ring is 1. The smallest absolute Gasteiger partial charge is 0.152 e. The van der Waals surface area contributed by atoms with Gasteiger partial charge in [-0.25, -0.2) is 4.98 Å². The van der Waals surface area contributed by atoms with E-state index in [4.69, 9.17) is 5.73 Å². The molecule has 0 saturated heterocycles. The highest BCUT2D eigenvalue weighted by Crippen LogP contribution is 2.29. The van der Waals surface area contributed by atoms with Gasteiger partial charge in [0.05, 0.1) is 0 Å². The number of fused-ring (bicyclic) bond motifs is 3. The minimum Gasteiger partial charge on any atom is -0.382 e. The molecule has 0 fully saturated rings. The van der Waals surface area contributed by atoms with Gasteiger partial charge < -0.3 is 5.73 Å². The third-order valence-electron chi connectivity index (χ3n) is 3.35. The van der Waals surface area contributed by atoms with Crippen LogP contribution in [0.15, 0.2) is 6.20 Å². The molecule has 2 heterocycles. The molecule has 0 bridgehead atoms. The van der Waals surface area contributed by atoms with Crippen molar-refractivity contribution in [1.82, 2.24) is 14.8 Å². The fraction of sp³-hybridized carbons (Fsp3) is 0.500. The van der Waals surface area contributed by atoms with Crippen molar-refractivity contribution < 1.29 is 0 Å². The minimum atomic E-state index is 0.586. The van der Waals surface area contributed by atoms with Gasteiger partial charge in [-0.2, -0.15) is 5.10 Å². The van der Waals surface area contributed by atoms with E-state index in [-0.39, 0.29) is 0 Å². The maximum atomic E-state index is 5.96. The monoisotopic (exact) mass is 216 g/mol. The Labute approximate surface area is 94.5 Å². The van der Waals surface area contributed by atoms with Crippen LogP contribution in [0.5, 0.6) is 0 Å². The average molecular weight is 216 g/mol. The van der Waals surface area contributed by atoms with Gasteiger partial charge >= 0.3 is 0 Å². The van der Waals surface area contributed by atoms with E-state index in [1.807, 2.05) is 4.68 Å². The lowest BCUT2D eigenvalue weighted by atomic mass is 9.94. The molecule has 0 aliphatic heterocycles. The molecule has 84 valence electrons. The fourth-order valence-electron chi connectivity index (χ4n) is 2.49. The second-order valence-corrected chi connectivity index (χ2v) is 4.38. The Balaban J connectivity index is 2.32. The van der Waals surface area contributed by atoms with E-state index >= 15 is 0 Å². The van der Waals surface area contributed by atoms with E-state index in [1.54, 1.807) is 0 Å². The molecule has 2 aromatic rings. The quantitative estimate of drug-likeness (QED) is 0.792. The van der Waals surface area contributed by atoms with Gasteiger partial charge in [0, 0.05) is 23.8 Å². The third kappa shape index (κ3) is 1.29. The molecule has 0 spiro atoms. The number of pyridine rings is 1. The molecule has 16 heavy (non-hydrogen) atoms. The second kappa shape index (κ2) is 3.47.